The van der Waals surface area contributed by atoms with Gasteiger partial charge in [0.1, 0.15) is 40.7 Å². The molecule has 2 atom stereocenters. The first kappa shape index (κ1) is 39.0. The zero-order chi connectivity index (χ0) is 39.5. The Labute approximate surface area is 319 Å². The van der Waals surface area contributed by atoms with E-state index in [2.05, 4.69) is 10.3 Å². The highest BCUT2D eigenvalue weighted by Crippen LogP contribution is 2.36. The number of nitrogens with one attached hydrogen (secondary N) is 1. The molecule has 0 aliphatic carbocycles. The SMILES string of the molecule is CC(C)(C)OC(=O)N1CC[C@H](Oc2ccc(NC(=O)c3ccc(O[C@H]4CCN(C(=O)OC(C)(C)C)C4)c(-c4ccc(F)nc4)c3)cc2-c2ccc(F)cc2)C1. The van der Waals surface area contributed by atoms with Crippen molar-refractivity contribution in [3.8, 4) is 33.8 Å². The van der Waals surface area contributed by atoms with Crippen LogP contribution in [0.15, 0.2) is 79.0 Å². The van der Waals surface area contributed by atoms with Gasteiger partial charge in [-0.25, -0.2) is 19.0 Å². The molecule has 11 nitrogen and oxygen atoms in total. The van der Waals surface area contributed by atoms with Crippen LogP contribution in [-0.2, 0) is 9.47 Å². The number of carbonyl (C=O) groups is 3. The number of anilines is 1. The average molecular weight is 757 g/mol. The monoisotopic (exact) mass is 756 g/mol. The van der Waals surface area contributed by atoms with Crippen molar-refractivity contribution >= 4 is 23.8 Å². The maximum Gasteiger partial charge on any atom is 0.410 e. The standard InChI is InChI=1S/C42H46F2N4O7/c1-41(2,3)54-39(50)47-19-17-31(24-47)52-35-14-9-27(21-33(35)28-10-16-37(44)45-23-28)38(49)46-30-13-15-36(34(22-30)26-7-11-29(43)12-8-26)53-32-18-20-48(25-32)40(51)55-42(4,5)6/h7-16,21-23,31-32H,17-20,24-25H2,1-6H3,(H,46,49)/t31-,32-/m0/s1. The molecule has 0 radical (unpaired) electrons. The summed E-state index contributed by atoms with van der Waals surface area (Å²) >= 11 is 0. The second kappa shape index (κ2) is 15.9. The van der Waals surface area contributed by atoms with E-state index in [1.54, 1.807) is 64.4 Å². The molecule has 0 unspecified atom stereocenters. The lowest BCUT2D eigenvalue weighted by Gasteiger charge is -2.24. The van der Waals surface area contributed by atoms with Crippen LogP contribution in [0.5, 0.6) is 11.5 Å². The van der Waals surface area contributed by atoms with Gasteiger partial charge in [-0.2, -0.15) is 4.39 Å². The normalized spacial score (nSPS) is 17.2. The van der Waals surface area contributed by atoms with Crippen molar-refractivity contribution in [3.05, 3.63) is 96.3 Å². The van der Waals surface area contributed by atoms with Crippen LogP contribution in [-0.4, -0.2) is 82.5 Å². The summed E-state index contributed by atoms with van der Waals surface area (Å²) in [6.45, 7) is 12.5. The van der Waals surface area contributed by atoms with Crippen LogP contribution in [0.2, 0.25) is 0 Å². The Hall–Kier alpha value is -5.72. The molecular formula is C42H46F2N4O7. The Kier molecular flexibility index (Phi) is 11.3. The maximum atomic E-state index is 13.9. The molecule has 3 heterocycles. The summed E-state index contributed by atoms with van der Waals surface area (Å²) in [5, 5.41) is 2.95. The van der Waals surface area contributed by atoms with Crippen LogP contribution < -0.4 is 14.8 Å². The molecule has 2 fully saturated rings. The zero-order valence-electron chi connectivity index (χ0n) is 31.9. The molecule has 2 aliphatic rings. The quantitative estimate of drug-likeness (QED) is 0.177. The number of hydrogen-bond acceptors (Lipinski definition) is 8. The lowest BCUT2D eigenvalue weighted by Crippen LogP contribution is -2.36. The van der Waals surface area contributed by atoms with Crippen molar-refractivity contribution in [2.75, 3.05) is 31.5 Å². The molecular weight excluding hydrogens is 710 g/mol. The Morgan fingerprint density at radius 1 is 0.691 bits per heavy atom. The van der Waals surface area contributed by atoms with E-state index in [-0.39, 0.29) is 12.2 Å². The second-order valence-corrected chi connectivity index (χ2v) is 15.7. The predicted octanol–water partition coefficient (Wildman–Crippen LogP) is 8.72. The number of ether oxygens (including phenoxy) is 4. The van der Waals surface area contributed by atoms with Crippen LogP contribution in [0.3, 0.4) is 0 Å². The van der Waals surface area contributed by atoms with Gasteiger partial charge in [0.05, 0.1) is 13.1 Å². The minimum Gasteiger partial charge on any atom is -0.488 e. The highest BCUT2D eigenvalue weighted by Gasteiger charge is 2.33. The van der Waals surface area contributed by atoms with E-state index in [9.17, 15) is 23.2 Å². The smallest absolute Gasteiger partial charge is 0.410 e. The highest BCUT2D eigenvalue weighted by molar-refractivity contribution is 6.05. The molecule has 6 rings (SSSR count). The summed E-state index contributed by atoms with van der Waals surface area (Å²) in [6, 6.07) is 18.9. The third-order valence-electron chi connectivity index (χ3n) is 8.85. The maximum absolute atomic E-state index is 13.9. The molecule has 290 valence electrons. The summed E-state index contributed by atoms with van der Waals surface area (Å²) in [4.78, 5) is 46.1. The first-order valence-corrected chi connectivity index (χ1v) is 18.3. The molecule has 0 bridgehead atoms. The topological polar surface area (TPSA) is 120 Å². The van der Waals surface area contributed by atoms with Gasteiger partial charge in [0.25, 0.3) is 5.91 Å². The first-order chi connectivity index (χ1) is 26.0. The summed E-state index contributed by atoms with van der Waals surface area (Å²) in [7, 11) is 0. The summed E-state index contributed by atoms with van der Waals surface area (Å²) < 4.78 is 51.6. The van der Waals surface area contributed by atoms with Gasteiger partial charge in [-0.3, -0.25) is 4.79 Å². The van der Waals surface area contributed by atoms with Crippen molar-refractivity contribution < 1.29 is 42.1 Å². The van der Waals surface area contributed by atoms with Gasteiger partial charge in [-0.1, -0.05) is 12.1 Å². The molecule has 4 aromatic rings. The fourth-order valence-corrected chi connectivity index (χ4v) is 6.30. The number of benzene rings is 3. The summed E-state index contributed by atoms with van der Waals surface area (Å²) in [6.07, 6.45) is 1.06. The van der Waals surface area contributed by atoms with E-state index in [1.807, 2.05) is 41.5 Å². The number of pyridine rings is 1. The lowest BCUT2D eigenvalue weighted by atomic mass is 10.0. The second-order valence-electron chi connectivity index (χ2n) is 15.7. The Morgan fingerprint density at radius 3 is 1.75 bits per heavy atom. The Balaban J connectivity index is 1.21. The van der Waals surface area contributed by atoms with E-state index < -0.39 is 41.1 Å². The third kappa shape index (κ3) is 10.3. The van der Waals surface area contributed by atoms with E-state index in [4.69, 9.17) is 18.9 Å². The van der Waals surface area contributed by atoms with E-state index in [1.165, 1.54) is 24.4 Å². The van der Waals surface area contributed by atoms with E-state index in [0.717, 1.165) is 0 Å². The van der Waals surface area contributed by atoms with Gasteiger partial charge in [-0.15, -0.1) is 0 Å². The number of rotatable bonds is 8. The van der Waals surface area contributed by atoms with Gasteiger partial charge < -0.3 is 34.1 Å². The molecule has 55 heavy (non-hydrogen) atoms. The highest BCUT2D eigenvalue weighted by atomic mass is 19.1. The minimum atomic E-state index is -0.651. The number of halogens is 2. The van der Waals surface area contributed by atoms with Crippen molar-refractivity contribution in [1.29, 1.82) is 0 Å². The Bertz CT molecular complexity index is 2030. The van der Waals surface area contributed by atoms with Crippen LogP contribution in [0.1, 0.15) is 64.7 Å². The minimum absolute atomic E-state index is 0.297. The van der Waals surface area contributed by atoms with Gasteiger partial charge in [0, 0.05) is 60.1 Å². The molecule has 1 aromatic heterocycles. The molecule has 0 spiro atoms. The van der Waals surface area contributed by atoms with Gasteiger partial charge in [0.2, 0.25) is 5.95 Å². The fourth-order valence-electron chi connectivity index (χ4n) is 6.30. The van der Waals surface area contributed by atoms with Crippen molar-refractivity contribution in [1.82, 2.24) is 14.8 Å². The third-order valence-corrected chi connectivity index (χ3v) is 8.85. The van der Waals surface area contributed by atoms with Crippen molar-refractivity contribution in [2.45, 2.75) is 77.8 Å². The number of amides is 3. The molecule has 13 heteroatoms. The van der Waals surface area contributed by atoms with Gasteiger partial charge >= 0.3 is 12.2 Å². The zero-order valence-corrected chi connectivity index (χ0v) is 31.9. The van der Waals surface area contributed by atoms with Gasteiger partial charge in [0.15, 0.2) is 0 Å². The van der Waals surface area contributed by atoms with Crippen molar-refractivity contribution in [2.24, 2.45) is 0 Å². The molecule has 1 N–H and O–H groups in total. The number of nitrogens with zero attached hydrogens (tertiary/aromatic N) is 3. The van der Waals surface area contributed by atoms with E-state index in [0.29, 0.717) is 84.0 Å². The largest absolute Gasteiger partial charge is 0.488 e. The molecule has 3 amide bonds. The number of likely N-dealkylation sites (tertiary alicyclic amines) is 2. The molecule has 0 saturated carbocycles. The van der Waals surface area contributed by atoms with Gasteiger partial charge in [-0.05, 0) is 108 Å². The fraction of sp³-hybridized carbons (Fsp3) is 0.381. The van der Waals surface area contributed by atoms with Crippen LogP contribution in [0.4, 0.5) is 24.1 Å². The van der Waals surface area contributed by atoms with Crippen LogP contribution in [0.25, 0.3) is 22.3 Å². The number of carbonyl (C=O) groups excluding carboxylic acids is 3. The average Bonchev–Trinajstić information content (AvgIpc) is 3.79. The molecule has 3 aromatic carbocycles. The predicted molar refractivity (Wildman–Crippen MR) is 203 cm³/mol. The molecule has 2 aliphatic heterocycles. The molecule has 2 saturated heterocycles. The van der Waals surface area contributed by atoms with E-state index >= 15 is 0 Å². The number of hydrogen-bond donors (Lipinski definition) is 1. The van der Waals surface area contributed by atoms with Crippen LogP contribution >= 0.6 is 0 Å². The first-order valence-electron chi connectivity index (χ1n) is 18.3. The summed E-state index contributed by atoms with van der Waals surface area (Å²) in [5.41, 5.74) is 1.84. The van der Waals surface area contributed by atoms with Crippen LogP contribution in [0, 0.1) is 11.8 Å². The lowest BCUT2D eigenvalue weighted by molar-refractivity contribution is 0.0266. The number of aromatic nitrogens is 1. The summed E-state index contributed by atoms with van der Waals surface area (Å²) in [5.74, 6) is -0.528. The Morgan fingerprint density at radius 2 is 1.22 bits per heavy atom. The van der Waals surface area contributed by atoms with Crippen molar-refractivity contribution in [3.63, 3.8) is 0 Å².